The molecular weight excluding hydrogens is 387 g/mol. The standard InChI is InChI=1S/C20H25FN8O/c1-4-15(20(30)28-7-6-14(21)10-28)26-17-16-19(25-11-24-17)29(5-2)18(27-16)13-8-22-12(3)23-9-13/h8-9,11,14-15H,4-7,10H2,1-3H3,(H,24,25,26)/t14-,15+/m0/s1. The predicted molar refractivity (Wildman–Crippen MR) is 111 cm³/mol. The maximum absolute atomic E-state index is 13.6. The van der Waals surface area contributed by atoms with Crippen LogP contribution in [0.15, 0.2) is 18.7 Å². The van der Waals surface area contributed by atoms with Crippen molar-refractivity contribution >= 4 is 22.9 Å². The van der Waals surface area contributed by atoms with Crippen molar-refractivity contribution in [3.05, 3.63) is 24.5 Å². The van der Waals surface area contributed by atoms with E-state index in [0.717, 1.165) is 5.56 Å². The third kappa shape index (κ3) is 3.69. The van der Waals surface area contributed by atoms with Crippen LogP contribution in [0.2, 0.25) is 0 Å². The van der Waals surface area contributed by atoms with E-state index in [0.29, 0.717) is 54.6 Å². The summed E-state index contributed by atoms with van der Waals surface area (Å²) < 4.78 is 15.5. The van der Waals surface area contributed by atoms with Gasteiger partial charge in [-0.3, -0.25) is 4.79 Å². The fourth-order valence-corrected chi connectivity index (χ4v) is 3.71. The maximum Gasteiger partial charge on any atom is 0.245 e. The molecular formula is C20H25FN8O. The molecule has 1 N–H and O–H groups in total. The van der Waals surface area contributed by atoms with E-state index in [-0.39, 0.29) is 12.5 Å². The lowest BCUT2D eigenvalue weighted by atomic mass is 10.2. The van der Waals surface area contributed by atoms with Gasteiger partial charge in [0.25, 0.3) is 0 Å². The van der Waals surface area contributed by atoms with E-state index >= 15 is 0 Å². The molecule has 1 aliphatic rings. The Morgan fingerprint density at radius 2 is 2.03 bits per heavy atom. The number of nitrogens with one attached hydrogen (secondary N) is 1. The van der Waals surface area contributed by atoms with Crippen molar-refractivity contribution in [2.45, 2.75) is 52.4 Å². The third-order valence-electron chi connectivity index (χ3n) is 5.35. The topological polar surface area (TPSA) is 102 Å². The van der Waals surface area contributed by atoms with Crippen LogP contribution in [0.4, 0.5) is 10.2 Å². The quantitative estimate of drug-likeness (QED) is 0.663. The Kier molecular flexibility index (Phi) is 5.56. The molecule has 3 aromatic rings. The lowest BCUT2D eigenvalue weighted by Crippen LogP contribution is -2.41. The molecule has 1 fully saturated rings. The second-order valence-corrected chi connectivity index (χ2v) is 7.37. The summed E-state index contributed by atoms with van der Waals surface area (Å²) in [4.78, 5) is 36.4. The van der Waals surface area contributed by atoms with Crippen molar-refractivity contribution in [2.24, 2.45) is 0 Å². The number of aromatic nitrogens is 6. The number of fused-ring (bicyclic) bond motifs is 1. The monoisotopic (exact) mass is 412 g/mol. The number of nitrogens with zero attached hydrogens (tertiary/aromatic N) is 7. The van der Waals surface area contributed by atoms with Crippen LogP contribution in [0.1, 0.15) is 32.5 Å². The molecule has 0 aromatic carbocycles. The molecule has 0 saturated carbocycles. The zero-order valence-corrected chi connectivity index (χ0v) is 17.3. The first-order valence-electron chi connectivity index (χ1n) is 10.2. The van der Waals surface area contributed by atoms with Crippen molar-refractivity contribution in [1.29, 1.82) is 0 Å². The van der Waals surface area contributed by atoms with E-state index in [1.54, 1.807) is 17.3 Å². The highest BCUT2D eigenvalue weighted by Crippen LogP contribution is 2.27. The number of anilines is 1. The minimum absolute atomic E-state index is 0.119. The number of hydrogen-bond acceptors (Lipinski definition) is 7. The zero-order chi connectivity index (χ0) is 21.3. The van der Waals surface area contributed by atoms with Crippen molar-refractivity contribution in [1.82, 2.24) is 34.4 Å². The van der Waals surface area contributed by atoms with Gasteiger partial charge >= 0.3 is 0 Å². The first-order chi connectivity index (χ1) is 14.5. The maximum atomic E-state index is 13.6. The van der Waals surface area contributed by atoms with E-state index < -0.39 is 12.2 Å². The van der Waals surface area contributed by atoms with E-state index in [1.165, 1.54) is 6.33 Å². The van der Waals surface area contributed by atoms with Crippen LogP contribution in [0.25, 0.3) is 22.6 Å². The average molecular weight is 412 g/mol. The van der Waals surface area contributed by atoms with Gasteiger partial charge in [0, 0.05) is 25.5 Å². The first kappa shape index (κ1) is 20.1. The van der Waals surface area contributed by atoms with Crippen LogP contribution in [0.3, 0.4) is 0 Å². The van der Waals surface area contributed by atoms with Crippen molar-refractivity contribution in [3.63, 3.8) is 0 Å². The van der Waals surface area contributed by atoms with E-state index in [1.807, 2.05) is 25.3 Å². The van der Waals surface area contributed by atoms with E-state index in [4.69, 9.17) is 4.98 Å². The Labute approximate surface area is 173 Å². The van der Waals surface area contributed by atoms with Gasteiger partial charge in [-0.05, 0) is 26.7 Å². The lowest BCUT2D eigenvalue weighted by Gasteiger charge is -2.23. The Balaban J connectivity index is 1.69. The summed E-state index contributed by atoms with van der Waals surface area (Å²) in [5, 5.41) is 3.22. The van der Waals surface area contributed by atoms with Crippen LogP contribution in [0.5, 0.6) is 0 Å². The number of rotatable bonds is 6. The van der Waals surface area contributed by atoms with Crippen LogP contribution in [-0.2, 0) is 11.3 Å². The molecule has 30 heavy (non-hydrogen) atoms. The summed E-state index contributed by atoms with van der Waals surface area (Å²) in [6.45, 7) is 6.99. The molecule has 0 bridgehead atoms. The zero-order valence-electron chi connectivity index (χ0n) is 17.3. The highest BCUT2D eigenvalue weighted by Gasteiger charge is 2.31. The molecule has 1 saturated heterocycles. The molecule has 4 rings (SSSR count). The van der Waals surface area contributed by atoms with Gasteiger partial charge in [0.2, 0.25) is 5.91 Å². The van der Waals surface area contributed by atoms with Crippen LogP contribution in [0, 0.1) is 6.92 Å². The third-order valence-corrected chi connectivity index (χ3v) is 5.35. The largest absolute Gasteiger partial charge is 0.356 e. The highest BCUT2D eigenvalue weighted by atomic mass is 19.1. The molecule has 2 atom stereocenters. The lowest BCUT2D eigenvalue weighted by molar-refractivity contribution is -0.131. The first-order valence-corrected chi connectivity index (χ1v) is 10.2. The molecule has 0 aliphatic carbocycles. The van der Waals surface area contributed by atoms with Crippen molar-refractivity contribution in [2.75, 3.05) is 18.4 Å². The Hall–Kier alpha value is -3.17. The molecule has 1 amide bonds. The number of hydrogen-bond donors (Lipinski definition) is 1. The number of halogens is 1. The molecule has 9 nitrogen and oxygen atoms in total. The summed E-state index contributed by atoms with van der Waals surface area (Å²) in [5.41, 5.74) is 2.02. The van der Waals surface area contributed by atoms with Gasteiger partial charge < -0.3 is 14.8 Å². The fraction of sp³-hybridized carbons (Fsp3) is 0.500. The molecule has 0 spiro atoms. The van der Waals surface area contributed by atoms with Gasteiger partial charge in [0.05, 0.1) is 12.1 Å². The number of imidazole rings is 1. The summed E-state index contributed by atoms with van der Waals surface area (Å²) >= 11 is 0. The Bertz CT molecular complexity index is 1050. The van der Waals surface area contributed by atoms with E-state index in [2.05, 4.69) is 25.3 Å². The second kappa shape index (κ2) is 8.29. The number of aryl methyl sites for hydroxylation is 2. The summed E-state index contributed by atoms with van der Waals surface area (Å²) in [6.07, 6.45) is 4.91. The normalized spacial score (nSPS) is 17.5. The summed E-state index contributed by atoms with van der Waals surface area (Å²) in [5.74, 6) is 1.74. The fourth-order valence-electron chi connectivity index (χ4n) is 3.71. The Morgan fingerprint density at radius 1 is 1.27 bits per heavy atom. The van der Waals surface area contributed by atoms with Gasteiger partial charge in [-0.15, -0.1) is 0 Å². The van der Waals surface area contributed by atoms with Crippen LogP contribution >= 0.6 is 0 Å². The minimum atomic E-state index is -0.947. The van der Waals surface area contributed by atoms with Gasteiger partial charge in [-0.1, -0.05) is 6.92 Å². The molecule has 1 aliphatic heterocycles. The van der Waals surface area contributed by atoms with Gasteiger partial charge in [-0.2, -0.15) is 0 Å². The number of carbonyl (C=O) groups excluding carboxylic acids is 1. The molecule has 0 unspecified atom stereocenters. The number of amides is 1. The van der Waals surface area contributed by atoms with Gasteiger partial charge in [0.15, 0.2) is 17.0 Å². The van der Waals surface area contributed by atoms with Crippen molar-refractivity contribution in [3.8, 4) is 11.4 Å². The Morgan fingerprint density at radius 3 is 2.67 bits per heavy atom. The predicted octanol–water partition coefficient (Wildman–Crippen LogP) is 2.37. The smallest absolute Gasteiger partial charge is 0.245 e. The second-order valence-electron chi connectivity index (χ2n) is 7.37. The minimum Gasteiger partial charge on any atom is -0.356 e. The SMILES string of the molecule is CC[C@@H](Nc1ncnc2c1nc(-c1cnc(C)nc1)n2CC)C(=O)N1CC[C@H](F)C1. The molecule has 4 heterocycles. The highest BCUT2D eigenvalue weighted by molar-refractivity contribution is 5.90. The molecule has 10 heteroatoms. The number of likely N-dealkylation sites (tertiary alicyclic amines) is 1. The molecule has 0 radical (unpaired) electrons. The number of carbonyl (C=O) groups is 1. The summed E-state index contributed by atoms with van der Waals surface area (Å²) in [7, 11) is 0. The summed E-state index contributed by atoms with van der Waals surface area (Å²) in [6, 6.07) is -0.508. The molecule has 158 valence electrons. The van der Waals surface area contributed by atoms with Gasteiger partial charge in [0.1, 0.15) is 30.2 Å². The molecule has 3 aromatic heterocycles. The average Bonchev–Trinajstić information content (AvgIpc) is 3.35. The van der Waals surface area contributed by atoms with Gasteiger partial charge in [-0.25, -0.2) is 29.3 Å². The number of alkyl halides is 1. The van der Waals surface area contributed by atoms with E-state index in [9.17, 15) is 9.18 Å². The van der Waals surface area contributed by atoms with Crippen LogP contribution < -0.4 is 5.32 Å². The van der Waals surface area contributed by atoms with Crippen molar-refractivity contribution < 1.29 is 9.18 Å². The van der Waals surface area contributed by atoms with Crippen LogP contribution in [-0.4, -0.2) is 65.6 Å².